The zero-order valence-electron chi connectivity index (χ0n) is 15.4. The average molecular weight is 374 g/mol. The summed E-state index contributed by atoms with van der Waals surface area (Å²) < 4.78 is 10.7. The van der Waals surface area contributed by atoms with Crippen molar-refractivity contribution in [3.05, 3.63) is 71.8 Å². The lowest BCUT2D eigenvalue weighted by molar-refractivity contribution is -0.123. The number of esters is 1. The molecule has 0 aliphatic carbocycles. The first-order valence-corrected chi connectivity index (χ1v) is 8.61. The molecule has 0 aliphatic heterocycles. The average Bonchev–Trinajstić information content (AvgIpc) is 2.72. The molecule has 1 N–H and O–H groups in total. The van der Waals surface area contributed by atoms with Crippen molar-refractivity contribution in [2.45, 2.75) is 13.0 Å². The second-order valence-electron chi connectivity index (χ2n) is 6.09. The minimum absolute atomic E-state index is 0.350. The van der Waals surface area contributed by atoms with Gasteiger partial charge in [0.2, 0.25) is 0 Å². The molecule has 0 unspecified atom stereocenters. The van der Waals surface area contributed by atoms with Crippen LogP contribution in [-0.2, 0) is 9.53 Å². The fraction of sp³-hybridized carbons (Fsp3) is 0.136. The fourth-order valence-corrected chi connectivity index (χ4v) is 2.82. The van der Waals surface area contributed by atoms with Gasteiger partial charge in [0, 0.05) is 11.1 Å². The van der Waals surface area contributed by atoms with Crippen LogP contribution >= 0.6 is 0 Å². The second-order valence-corrected chi connectivity index (χ2v) is 6.09. The number of nitrogens with one attached hydrogen (secondary N) is 1. The molecule has 0 bridgehead atoms. The number of ether oxygens (including phenoxy) is 2. The van der Waals surface area contributed by atoms with Crippen LogP contribution in [-0.4, -0.2) is 25.1 Å². The predicted octanol–water partition coefficient (Wildman–Crippen LogP) is 3.90. The van der Waals surface area contributed by atoms with Gasteiger partial charge in [-0.1, -0.05) is 30.3 Å². The van der Waals surface area contributed by atoms with Gasteiger partial charge in [0.05, 0.1) is 24.3 Å². The van der Waals surface area contributed by atoms with E-state index < -0.39 is 18.0 Å². The maximum atomic E-state index is 12.6. The van der Waals surface area contributed by atoms with Crippen molar-refractivity contribution in [1.82, 2.24) is 0 Å². The van der Waals surface area contributed by atoms with Gasteiger partial charge in [-0.3, -0.25) is 4.79 Å². The molecule has 1 atom stereocenters. The van der Waals surface area contributed by atoms with Crippen LogP contribution in [0.3, 0.4) is 0 Å². The van der Waals surface area contributed by atoms with Crippen LogP contribution in [0.1, 0.15) is 22.8 Å². The highest BCUT2D eigenvalue weighted by atomic mass is 16.5. The van der Waals surface area contributed by atoms with Crippen LogP contribution in [0.25, 0.3) is 10.8 Å². The first kappa shape index (κ1) is 18.9. The SMILES string of the molecule is COc1ccc(C(=O)O[C@@H](C)C(=O)Nc2cccc(C#N)c2)c2ccccc12. The normalized spacial score (nSPS) is 11.3. The highest BCUT2D eigenvalue weighted by Gasteiger charge is 2.21. The van der Waals surface area contributed by atoms with Crippen molar-refractivity contribution in [3.8, 4) is 11.8 Å². The van der Waals surface area contributed by atoms with E-state index in [4.69, 9.17) is 14.7 Å². The highest BCUT2D eigenvalue weighted by molar-refractivity contribution is 6.07. The van der Waals surface area contributed by atoms with Gasteiger partial charge in [-0.05, 0) is 42.6 Å². The van der Waals surface area contributed by atoms with Gasteiger partial charge < -0.3 is 14.8 Å². The lowest BCUT2D eigenvalue weighted by Gasteiger charge is -2.15. The molecule has 3 rings (SSSR count). The Morgan fingerprint density at radius 2 is 1.79 bits per heavy atom. The third-order valence-electron chi connectivity index (χ3n) is 4.24. The van der Waals surface area contributed by atoms with Crippen molar-refractivity contribution in [3.63, 3.8) is 0 Å². The van der Waals surface area contributed by atoms with E-state index in [-0.39, 0.29) is 0 Å². The van der Waals surface area contributed by atoms with Crippen LogP contribution in [0.5, 0.6) is 5.75 Å². The molecule has 140 valence electrons. The molecular weight excluding hydrogens is 356 g/mol. The lowest BCUT2D eigenvalue weighted by atomic mass is 10.0. The van der Waals surface area contributed by atoms with Crippen molar-refractivity contribution < 1.29 is 19.1 Å². The molecular formula is C22H18N2O4. The van der Waals surface area contributed by atoms with Gasteiger partial charge in [0.1, 0.15) is 5.75 Å². The second kappa shape index (κ2) is 8.23. The molecule has 0 aliphatic rings. The summed E-state index contributed by atoms with van der Waals surface area (Å²) in [6.45, 7) is 1.49. The molecule has 28 heavy (non-hydrogen) atoms. The van der Waals surface area contributed by atoms with E-state index in [0.29, 0.717) is 28.0 Å². The number of hydrogen-bond acceptors (Lipinski definition) is 5. The van der Waals surface area contributed by atoms with E-state index >= 15 is 0 Å². The number of benzene rings is 3. The highest BCUT2D eigenvalue weighted by Crippen LogP contribution is 2.29. The summed E-state index contributed by atoms with van der Waals surface area (Å²) in [7, 11) is 1.56. The Morgan fingerprint density at radius 3 is 2.50 bits per heavy atom. The molecule has 1 amide bonds. The molecule has 6 heteroatoms. The Bertz CT molecular complexity index is 1090. The summed E-state index contributed by atoms with van der Waals surface area (Å²) in [5.41, 5.74) is 1.23. The maximum Gasteiger partial charge on any atom is 0.339 e. The van der Waals surface area contributed by atoms with E-state index in [1.165, 1.54) is 6.92 Å². The summed E-state index contributed by atoms with van der Waals surface area (Å²) in [5.74, 6) is -0.441. The van der Waals surface area contributed by atoms with Gasteiger partial charge >= 0.3 is 5.97 Å². The third kappa shape index (κ3) is 3.94. The van der Waals surface area contributed by atoms with Crippen LogP contribution in [0.15, 0.2) is 60.7 Å². The van der Waals surface area contributed by atoms with Crippen LogP contribution in [0, 0.1) is 11.3 Å². The molecule has 0 saturated heterocycles. The van der Waals surface area contributed by atoms with E-state index in [1.54, 1.807) is 49.6 Å². The lowest BCUT2D eigenvalue weighted by Crippen LogP contribution is -2.30. The molecule has 0 spiro atoms. The van der Waals surface area contributed by atoms with E-state index in [9.17, 15) is 9.59 Å². The van der Waals surface area contributed by atoms with Crippen molar-refractivity contribution in [2.24, 2.45) is 0 Å². The largest absolute Gasteiger partial charge is 0.496 e. The van der Waals surface area contributed by atoms with Crippen molar-refractivity contribution >= 4 is 28.3 Å². The first-order chi connectivity index (χ1) is 13.5. The van der Waals surface area contributed by atoms with Crippen molar-refractivity contribution in [2.75, 3.05) is 12.4 Å². The molecule has 0 aromatic heterocycles. The van der Waals surface area contributed by atoms with Crippen LogP contribution in [0.2, 0.25) is 0 Å². The molecule has 0 heterocycles. The van der Waals surface area contributed by atoms with Gasteiger partial charge in [-0.15, -0.1) is 0 Å². The summed E-state index contributed by atoms with van der Waals surface area (Å²) in [4.78, 5) is 25.0. The standard InChI is InChI=1S/C22H18N2O4/c1-14(21(25)24-16-7-5-6-15(12-16)13-23)28-22(26)19-10-11-20(27-2)18-9-4-3-8-17(18)19/h3-12,14H,1-2H3,(H,24,25)/t14-/m0/s1. The van der Waals surface area contributed by atoms with Crippen LogP contribution < -0.4 is 10.1 Å². The van der Waals surface area contributed by atoms with Gasteiger partial charge in [-0.25, -0.2) is 4.79 Å². The number of methoxy groups -OCH3 is 1. The van der Waals surface area contributed by atoms with E-state index in [1.807, 2.05) is 24.3 Å². The molecule has 0 fully saturated rings. The molecule has 3 aromatic rings. The zero-order valence-corrected chi connectivity index (χ0v) is 15.4. The number of amides is 1. The predicted molar refractivity (Wildman–Crippen MR) is 105 cm³/mol. The minimum Gasteiger partial charge on any atom is -0.496 e. The topological polar surface area (TPSA) is 88.4 Å². The molecule has 3 aromatic carbocycles. The zero-order chi connectivity index (χ0) is 20.1. The smallest absolute Gasteiger partial charge is 0.339 e. The van der Waals surface area contributed by atoms with Gasteiger partial charge in [0.25, 0.3) is 5.91 Å². The fourth-order valence-electron chi connectivity index (χ4n) is 2.82. The van der Waals surface area contributed by atoms with Crippen LogP contribution in [0.4, 0.5) is 5.69 Å². The summed E-state index contributed by atoms with van der Waals surface area (Å²) in [5, 5.41) is 13.0. The number of hydrogen-bond donors (Lipinski definition) is 1. The Balaban J connectivity index is 1.76. The Labute approximate surface area is 162 Å². The summed E-state index contributed by atoms with van der Waals surface area (Å²) >= 11 is 0. The summed E-state index contributed by atoms with van der Waals surface area (Å²) in [6, 6.07) is 19.1. The minimum atomic E-state index is -1.01. The summed E-state index contributed by atoms with van der Waals surface area (Å²) in [6.07, 6.45) is -1.01. The number of carbonyl (C=O) groups excluding carboxylic acids is 2. The Hall–Kier alpha value is -3.85. The number of fused-ring (bicyclic) bond motifs is 1. The number of nitriles is 1. The van der Waals surface area contributed by atoms with Gasteiger partial charge in [0.15, 0.2) is 6.10 Å². The molecule has 0 radical (unpaired) electrons. The maximum absolute atomic E-state index is 12.6. The van der Waals surface area contributed by atoms with Crippen molar-refractivity contribution in [1.29, 1.82) is 5.26 Å². The number of anilines is 1. The third-order valence-corrected chi connectivity index (χ3v) is 4.24. The monoisotopic (exact) mass is 374 g/mol. The van der Waals surface area contributed by atoms with Gasteiger partial charge in [-0.2, -0.15) is 5.26 Å². The number of rotatable bonds is 5. The molecule has 6 nitrogen and oxygen atoms in total. The Kier molecular flexibility index (Phi) is 5.56. The van der Waals surface area contributed by atoms with E-state index in [2.05, 4.69) is 5.32 Å². The quantitative estimate of drug-likeness (QED) is 0.684. The Morgan fingerprint density at radius 1 is 1.04 bits per heavy atom. The van der Waals surface area contributed by atoms with E-state index in [0.717, 1.165) is 5.39 Å². The number of carbonyl (C=O) groups is 2. The molecule has 0 saturated carbocycles. The number of nitrogens with zero attached hydrogens (tertiary/aromatic N) is 1. The first-order valence-electron chi connectivity index (χ1n) is 8.61.